The summed E-state index contributed by atoms with van der Waals surface area (Å²) in [5.41, 5.74) is 0.743. The molecule has 94 valence electrons. The van der Waals surface area contributed by atoms with Crippen molar-refractivity contribution in [2.75, 3.05) is 11.9 Å². The first-order valence-electron chi connectivity index (χ1n) is 5.78. The molecule has 1 aromatic carbocycles. The highest BCUT2D eigenvalue weighted by molar-refractivity contribution is 6.34. The van der Waals surface area contributed by atoms with Gasteiger partial charge in [0.2, 0.25) is 0 Å². The molecule has 4 heteroatoms. The third-order valence-electron chi connectivity index (χ3n) is 2.50. The number of halogens is 1. The molecule has 0 bridgehead atoms. The molecule has 0 spiro atoms. The molecule has 0 aliphatic rings. The second kappa shape index (κ2) is 6.50. The lowest BCUT2D eigenvalue weighted by Gasteiger charge is -2.11. The lowest BCUT2D eigenvalue weighted by atomic mass is 10.1. The maximum Gasteiger partial charge on any atom is 0.339 e. The van der Waals surface area contributed by atoms with E-state index in [2.05, 4.69) is 19.2 Å². The molecule has 2 N–H and O–H groups in total. The molecule has 0 unspecified atom stereocenters. The highest BCUT2D eigenvalue weighted by Crippen LogP contribution is 2.24. The minimum atomic E-state index is -0.998. The van der Waals surface area contributed by atoms with Crippen molar-refractivity contribution in [2.45, 2.75) is 26.7 Å². The van der Waals surface area contributed by atoms with Crippen LogP contribution >= 0.6 is 11.6 Å². The Hall–Kier alpha value is -1.22. The average Bonchev–Trinajstić information content (AvgIpc) is 2.23. The zero-order chi connectivity index (χ0) is 12.8. The van der Waals surface area contributed by atoms with E-state index in [0.717, 1.165) is 19.4 Å². The number of carbonyl (C=O) groups is 1. The summed E-state index contributed by atoms with van der Waals surface area (Å²) in [7, 11) is 0. The van der Waals surface area contributed by atoms with Crippen molar-refractivity contribution < 1.29 is 9.90 Å². The van der Waals surface area contributed by atoms with Crippen molar-refractivity contribution in [3.05, 3.63) is 28.8 Å². The van der Waals surface area contributed by atoms with Gasteiger partial charge in [0.05, 0.1) is 10.7 Å². The standard InChI is InChI=1S/C13H18ClNO2/c1-9(2)5-4-8-15-11-7-3-6-10(14)12(11)13(16)17/h3,6-7,9,15H,4-5,8H2,1-2H3,(H,16,17). The molecule has 1 aromatic rings. The Labute approximate surface area is 107 Å². The number of nitrogens with one attached hydrogen (secondary N) is 1. The first-order valence-corrected chi connectivity index (χ1v) is 6.16. The number of hydrogen-bond donors (Lipinski definition) is 2. The average molecular weight is 256 g/mol. The summed E-state index contributed by atoms with van der Waals surface area (Å²) in [5, 5.41) is 12.5. The fraction of sp³-hybridized carbons (Fsp3) is 0.462. The van der Waals surface area contributed by atoms with Crippen molar-refractivity contribution in [2.24, 2.45) is 5.92 Å². The van der Waals surface area contributed by atoms with E-state index in [-0.39, 0.29) is 10.6 Å². The summed E-state index contributed by atoms with van der Waals surface area (Å²) in [5.74, 6) is -0.336. The van der Waals surface area contributed by atoms with E-state index in [1.807, 2.05) is 0 Å². The van der Waals surface area contributed by atoms with Gasteiger partial charge in [-0.3, -0.25) is 0 Å². The highest BCUT2D eigenvalue weighted by atomic mass is 35.5. The maximum atomic E-state index is 11.1. The third-order valence-corrected chi connectivity index (χ3v) is 2.82. The fourth-order valence-electron chi connectivity index (χ4n) is 1.62. The monoisotopic (exact) mass is 255 g/mol. The van der Waals surface area contributed by atoms with Gasteiger partial charge in [0.25, 0.3) is 0 Å². The Kier molecular flexibility index (Phi) is 5.29. The molecule has 0 aliphatic heterocycles. The van der Waals surface area contributed by atoms with Crippen LogP contribution < -0.4 is 5.32 Å². The van der Waals surface area contributed by atoms with E-state index in [0.29, 0.717) is 11.6 Å². The molecule has 0 aliphatic carbocycles. The molecule has 17 heavy (non-hydrogen) atoms. The van der Waals surface area contributed by atoms with E-state index in [4.69, 9.17) is 16.7 Å². The zero-order valence-electron chi connectivity index (χ0n) is 10.2. The first kappa shape index (κ1) is 13.8. The van der Waals surface area contributed by atoms with Crippen LogP contribution in [0.2, 0.25) is 5.02 Å². The van der Waals surface area contributed by atoms with Crippen molar-refractivity contribution in [3.63, 3.8) is 0 Å². The zero-order valence-corrected chi connectivity index (χ0v) is 10.9. The van der Waals surface area contributed by atoms with Crippen molar-refractivity contribution in [3.8, 4) is 0 Å². The van der Waals surface area contributed by atoms with E-state index in [1.54, 1.807) is 18.2 Å². The predicted molar refractivity (Wildman–Crippen MR) is 71.0 cm³/mol. The Morgan fingerprint density at radius 1 is 1.47 bits per heavy atom. The van der Waals surface area contributed by atoms with Crippen LogP contribution in [-0.2, 0) is 0 Å². The topological polar surface area (TPSA) is 49.3 Å². The van der Waals surface area contributed by atoms with Gasteiger partial charge in [-0.2, -0.15) is 0 Å². The number of carboxylic acid groups (broad SMARTS) is 1. The summed E-state index contributed by atoms with van der Waals surface area (Å²) >= 11 is 5.87. The van der Waals surface area contributed by atoms with Gasteiger partial charge >= 0.3 is 5.97 Å². The van der Waals surface area contributed by atoms with Gasteiger partial charge in [0.15, 0.2) is 0 Å². The summed E-state index contributed by atoms with van der Waals surface area (Å²) in [4.78, 5) is 11.1. The van der Waals surface area contributed by atoms with Gasteiger partial charge in [0, 0.05) is 6.54 Å². The lowest BCUT2D eigenvalue weighted by molar-refractivity contribution is 0.0698. The third kappa shape index (κ3) is 4.27. The Balaban J connectivity index is 2.64. The Bertz CT molecular complexity index is 391. The Morgan fingerprint density at radius 3 is 2.76 bits per heavy atom. The Morgan fingerprint density at radius 2 is 2.18 bits per heavy atom. The molecule has 0 aromatic heterocycles. The van der Waals surface area contributed by atoms with Crippen molar-refractivity contribution >= 4 is 23.3 Å². The number of hydrogen-bond acceptors (Lipinski definition) is 2. The van der Waals surface area contributed by atoms with Crippen LogP contribution in [0.3, 0.4) is 0 Å². The second-order valence-electron chi connectivity index (χ2n) is 4.43. The highest BCUT2D eigenvalue weighted by Gasteiger charge is 2.13. The van der Waals surface area contributed by atoms with Crippen molar-refractivity contribution in [1.29, 1.82) is 0 Å². The molecule has 0 radical (unpaired) electrons. The summed E-state index contributed by atoms with van der Waals surface area (Å²) in [6.45, 7) is 5.10. The minimum Gasteiger partial charge on any atom is -0.478 e. The molecular weight excluding hydrogens is 238 g/mol. The van der Waals surface area contributed by atoms with Crippen LogP contribution in [0, 0.1) is 5.92 Å². The number of aromatic carboxylic acids is 1. The maximum absolute atomic E-state index is 11.1. The lowest BCUT2D eigenvalue weighted by Crippen LogP contribution is -2.08. The second-order valence-corrected chi connectivity index (χ2v) is 4.84. The van der Waals surface area contributed by atoms with Gasteiger partial charge in [-0.1, -0.05) is 31.5 Å². The molecule has 0 amide bonds. The largest absolute Gasteiger partial charge is 0.478 e. The molecule has 1 rings (SSSR count). The first-order chi connectivity index (χ1) is 8.02. The van der Waals surface area contributed by atoms with E-state index < -0.39 is 5.97 Å². The number of anilines is 1. The van der Waals surface area contributed by atoms with Crippen LogP contribution in [0.1, 0.15) is 37.0 Å². The van der Waals surface area contributed by atoms with Gasteiger partial charge < -0.3 is 10.4 Å². The minimum absolute atomic E-state index is 0.152. The molecule has 0 heterocycles. The van der Waals surface area contributed by atoms with Crippen LogP contribution in [0.5, 0.6) is 0 Å². The number of benzene rings is 1. The molecule has 3 nitrogen and oxygen atoms in total. The molecule has 0 saturated heterocycles. The normalized spacial score (nSPS) is 10.6. The van der Waals surface area contributed by atoms with E-state index >= 15 is 0 Å². The van der Waals surface area contributed by atoms with Crippen LogP contribution in [-0.4, -0.2) is 17.6 Å². The molecular formula is C13H18ClNO2. The van der Waals surface area contributed by atoms with Crippen LogP contribution in [0.15, 0.2) is 18.2 Å². The van der Waals surface area contributed by atoms with Crippen LogP contribution in [0.4, 0.5) is 5.69 Å². The molecule has 0 fully saturated rings. The quantitative estimate of drug-likeness (QED) is 0.759. The smallest absolute Gasteiger partial charge is 0.339 e. The van der Waals surface area contributed by atoms with Gasteiger partial charge in [-0.25, -0.2) is 4.79 Å². The van der Waals surface area contributed by atoms with E-state index in [1.165, 1.54) is 0 Å². The van der Waals surface area contributed by atoms with Crippen molar-refractivity contribution in [1.82, 2.24) is 0 Å². The van der Waals surface area contributed by atoms with Gasteiger partial charge in [-0.15, -0.1) is 0 Å². The SMILES string of the molecule is CC(C)CCCNc1cccc(Cl)c1C(=O)O. The van der Waals surface area contributed by atoms with Crippen LogP contribution in [0.25, 0.3) is 0 Å². The summed E-state index contributed by atoms with van der Waals surface area (Å²) in [6, 6.07) is 5.08. The summed E-state index contributed by atoms with van der Waals surface area (Å²) < 4.78 is 0. The van der Waals surface area contributed by atoms with Gasteiger partial charge in [0.1, 0.15) is 5.56 Å². The predicted octanol–water partition coefficient (Wildman–Crippen LogP) is 3.89. The molecule has 0 atom stereocenters. The summed E-state index contributed by atoms with van der Waals surface area (Å²) in [6.07, 6.45) is 2.14. The molecule has 0 saturated carbocycles. The fourth-order valence-corrected chi connectivity index (χ4v) is 1.88. The number of rotatable bonds is 6. The number of carboxylic acids is 1. The van der Waals surface area contributed by atoms with E-state index in [9.17, 15) is 4.79 Å². The van der Waals surface area contributed by atoms with Gasteiger partial charge in [-0.05, 0) is 30.9 Å².